The van der Waals surface area contributed by atoms with E-state index in [1.54, 1.807) is 6.08 Å². The predicted octanol–water partition coefficient (Wildman–Crippen LogP) is -0.218. The van der Waals surface area contributed by atoms with Gasteiger partial charge < -0.3 is 16.4 Å². The first-order valence-electron chi connectivity index (χ1n) is 3.33. The summed E-state index contributed by atoms with van der Waals surface area (Å²) in [5, 5.41) is 6.09. The minimum Gasteiger partial charge on any atom is -0.405 e. The summed E-state index contributed by atoms with van der Waals surface area (Å²) in [4.78, 5) is 0. The molecule has 0 saturated heterocycles. The zero-order chi connectivity index (χ0) is 7.66. The van der Waals surface area contributed by atoms with Crippen molar-refractivity contribution in [3.05, 3.63) is 24.6 Å². The predicted molar refractivity (Wildman–Crippen MR) is 44.4 cm³/mol. The Bertz CT molecular complexity index is 107. The van der Waals surface area contributed by atoms with Crippen LogP contribution in [0.15, 0.2) is 24.6 Å². The maximum atomic E-state index is 5.10. The molecule has 0 aliphatic heterocycles. The SMILES string of the molecule is CNCCN/C=C\C=C/N. The first kappa shape index (κ1) is 9.04. The van der Waals surface area contributed by atoms with E-state index in [0.29, 0.717) is 0 Å². The Morgan fingerprint density at radius 2 is 2.10 bits per heavy atom. The standard InChI is InChI=1S/C7H15N3/c1-9-6-7-10-5-3-2-4-8/h2-5,9-10H,6-8H2,1H3/b4-2-,5-3-. The van der Waals surface area contributed by atoms with Gasteiger partial charge in [-0.1, -0.05) is 0 Å². The molecule has 3 heteroatoms. The second-order valence-corrected chi connectivity index (χ2v) is 1.80. The molecule has 0 fully saturated rings. The van der Waals surface area contributed by atoms with Crippen molar-refractivity contribution in [3.8, 4) is 0 Å². The molecule has 0 radical (unpaired) electrons. The van der Waals surface area contributed by atoms with Crippen LogP contribution < -0.4 is 16.4 Å². The van der Waals surface area contributed by atoms with E-state index in [9.17, 15) is 0 Å². The molecular weight excluding hydrogens is 126 g/mol. The maximum absolute atomic E-state index is 5.10. The molecule has 3 nitrogen and oxygen atoms in total. The highest BCUT2D eigenvalue weighted by atomic mass is 14.9. The van der Waals surface area contributed by atoms with Gasteiger partial charge in [-0.15, -0.1) is 0 Å². The Morgan fingerprint density at radius 1 is 1.30 bits per heavy atom. The van der Waals surface area contributed by atoms with Crippen molar-refractivity contribution in [3.63, 3.8) is 0 Å². The summed E-state index contributed by atoms with van der Waals surface area (Å²) in [7, 11) is 1.92. The lowest BCUT2D eigenvalue weighted by atomic mass is 10.5. The fourth-order valence-corrected chi connectivity index (χ4v) is 0.468. The lowest BCUT2D eigenvalue weighted by molar-refractivity contribution is 0.740. The van der Waals surface area contributed by atoms with E-state index in [0.717, 1.165) is 13.1 Å². The molecule has 4 N–H and O–H groups in total. The number of nitrogens with one attached hydrogen (secondary N) is 2. The highest BCUT2D eigenvalue weighted by Crippen LogP contribution is 1.68. The van der Waals surface area contributed by atoms with E-state index in [-0.39, 0.29) is 0 Å². The first-order chi connectivity index (χ1) is 4.91. The topological polar surface area (TPSA) is 50.1 Å². The zero-order valence-electron chi connectivity index (χ0n) is 6.30. The van der Waals surface area contributed by atoms with E-state index in [1.807, 2.05) is 19.3 Å². The third-order valence-electron chi connectivity index (χ3n) is 0.956. The van der Waals surface area contributed by atoms with Crippen molar-refractivity contribution in [1.82, 2.24) is 10.6 Å². The second-order valence-electron chi connectivity index (χ2n) is 1.80. The van der Waals surface area contributed by atoms with Gasteiger partial charge >= 0.3 is 0 Å². The van der Waals surface area contributed by atoms with E-state index in [4.69, 9.17) is 5.73 Å². The van der Waals surface area contributed by atoms with Crippen molar-refractivity contribution >= 4 is 0 Å². The van der Waals surface area contributed by atoms with Crippen molar-refractivity contribution in [1.29, 1.82) is 0 Å². The van der Waals surface area contributed by atoms with Crippen LogP contribution in [0.25, 0.3) is 0 Å². The third-order valence-corrected chi connectivity index (χ3v) is 0.956. The van der Waals surface area contributed by atoms with Crippen LogP contribution in [-0.2, 0) is 0 Å². The Kier molecular flexibility index (Phi) is 7.27. The number of rotatable bonds is 5. The highest BCUT2D eigenvalue weighted by molar-refractivity contribution is 4.99. The summed E-state index contributed by atoms with van der Waals surface area (Å²) in [5.74, 6) is 0. The molecule has 0 heterocycles. The molecule has 0 aromatic carbocycles. The van der Waals surface area contributed by atoms with E-state index in [2.05, 4.69) is 10.6 Å². The van der Waals surface area contributed by atoms with Crippen LogP contribution in [-0.4, -0.2) is 20.1 Å². The maximum Gasteiger partial charge on any atom is 0.0266 e. The summed E-state index contributed by atoms with van der Waals surface area (Å²) < 4.78 is 0. The van der Waals surface area contributed by atoms with Crippen molar-refractivity contribution in [2.24, 2.45) is 5.73 Å². The van der Waals surface area contributed by atoms with Crippen molar-refractivity contribution in [2.45, 2.75) is 0 Å². The number of nitrogens with two attached hydrogens (primary N) is 1. The highest BCUT2D eigenvalue weighted by Gasteiger charge is 1.74. The minimum atomic E-state index is 0.936. The average molecular weight is 141 g/mol. The molecule has 0 amide bonds. The van der Waals surface area contributed by atoms with Gasteiger partial charge in [0.05, 0.1) is 0 Å². The molecule has 0 aromatic heterocycles. The number of allylic oxidation sites excluding steroid dienone is 2. The lowest BCUT2D eigenvalue weighted by Gasteiger charge is -1.96. The van der Waals surface area contributed by atoms with Gasteiger partial charge in [0.15, 0.2) is 0 Å². The molecule has 58 valence electrons. The van der Waals surface area contributed by atoms with Gasteiger partial charge in [0.1, 0.15) is 0 Å². The Balaban J connectivity index is 3.02. The van der Waals surface area contributed by atoms with Gasteiger partial charge in [-0.2, -0.15) is 0 Å². The third kappa shape index (κ3) is 7.04. The summed E-state index contributed by atoms with van der Waals surface area (Å²) in [6, 6.07) is 0. The fourth-order valence-electron chi connectivity index (χ4n) is 0.468. The lowest BCUT2D eigenvalue weighted by Crippen LogP contribution is -2.20. The normalized spacial score (nSPS) is 11.3. The molecular formula is C7H15N3. The van der Waals surface area contributed by atoms with Crippen LogP contribution in [0.4, 0.5) is 0 Å². The van der Waals surface area contributed by atoms with E-state index in [1.165, 1.54) is 6.20 Å². The molecule has 0 aromatic rings. The summed E-state index contributed by atoms with van der Waals surface area (Å²) in [6.07, 6.45) is 6.99. The molecule has 0 spiro atoms. The molecule has 0 bridgehead atoms. The van der Waals surface area contributed by atoms with Gasteiger partial charge in [-0.05, 0) is 31.6 Å². The van der Waals surface area contributed by atoms with Crippen LogP contribution >= 0.6 is 0 Å². The average Bonchev–Trinajstić information content (AvgIpc) is 1.97. The monoisotopic (exact) mass is 141 g/mol. The Hall–Kier alpha value is -0.960. The van der Waals surface area contributed by atoms with E-state index < -0.39 is 0 Å². The fraction of sp³-hybridized carbons (Fsp3) is 0.429. The zero-order valence-corrected chi connectivity index (χ0v) is 6.30. The van der Waals surface area contributed by atoms with Gasteiger partial charge in [-0.3, -0.25) is 0 Å². The Labute approximate surface area is 62.0 Å². The van der Waals surface area contributed by atoms with Crippen molar-refractivity contribution in [2.75, 3.05) is 20.1 Å². The molecule has 10 heavy (non-hydrogen) atoms. The second kappa shape index (κ2) is 8.04. The summed E-state index contributed by atoms with van der Waals surface area (Å²) in [5.41, 5.74) is 5.10. The van der Waals surface area contributed by atoms with Gasteiger partial charge in [0.25, 0.3) is 0 Å². The van der Waals surface area contributed by atoms with Crippen LogP contribution in [0.5, 0.6) is 0 Å². The molecule has 0 aliphatic carbocycles. The van der Waals surface area contributed by atoms with Crippen LogP contribution in [0.3, 0.4) is 0 Å². The summed E-state index contributed by atoms with van der Waals surface area (Å²) >= 11 is 0. The molecule has 0 unspecified atom stereocenters. The van der Waals surface area contributed by atoms with Gasteiger partial charge in [0, 0.05) is 13.1 Å². The minimum absolute atomic E-state index is 0.936. The van der Waals surface area contributed by atoms with Crippen LogP contribution in [0, 0.1) is 0 Å². The number of hydrogen-bond donors (Lipinski definition) is 3. The molecule has 0 aliphatic rings. The van der Waals surface area contributed by atoms with Gasteiger partial charge in [-0.25, -0.2) is 0 Å². The van der Waals surface area contributed by atoms with Crippen LogP contribution in [0.2, 0.25) is 0 Å². The Morgan fingerprint density at radius 3 is 2.70 bits per heavy atom. The number of hydrogen-bond acceptors (Lipinski definition) is 3. The first-order valence-corrected chi connectivity index (χ1v) is 3.33. The van der Waals surface area contributed by atoms with Crippen LogP contribution in [0.1, 0.15) is 0 Å². The number of likely N-dealkylation sites (N-methyl/N-ethyl adjacent to an activating group) is 1. The van der Waals surface area contributed by atoms with E-state index >= 15 is 0 Å². The molecule has 0 saturated carbocycles. The van der Waals surface area contributed by atoms with Gasteiger partial charge in [0.2, 0.25) is 0 Å². The largest absolute Gasteiger partial charge is 0.405 e. The van der Waals surface area contributed by atoms with Crippen molar-refractivity contribution < 1.29 is 0 Å². The molecule has 0 rings (SSSR count). The summed E-state index contributed by atoms with van der Waals surface area (Å²) in [6.45, 7) is 1.90. The molecule has 0 atom stereocenters. The quantitative estimate of drug-likeness (QED) is 0.366. The smallest absolute Gasteiger partial charge is 0.0266 e.